The van der Waals surface area contributed by atoms with Crippen molar-refractivity contribution < 1.29 is 8.42 Å². The minimum atomic E-state index is -3.23. The van der Waals surface area contributed by atoms with E-state index in [4.69, 9.17) is 11.6 Å². The summed E-state index contributed by atoms with van der Waals surface area (Å²) >= 11 is 5.58. The summed E-state index contributed by atoms with van der Waals surface area (Å²) in [7, 11) is -3.23. The quantitative estimate of drug-likeness (QED) is 0.796. The average Bonchev–Trinajstić information content (AvgIpc) is 2.27. The highest BCUT2D eigenvalue weighted by Gasteiger charge is 2.14. The molecule has 90 valence electrons. The normalized spacial score (nSPS) is 13.6. The van der Waals surface area contributed by atoms with Crippen molar-refractivity contribution in [3.8, 4) is 0 Å². The van der Waals surface area contributed by atoms with E-state index in [0.29, 0.717) is 12.4 Å². The molecule has 0 aliphatic heterocycles. The Kier molecular flexibility index (Phi) is 5.25. The standard InChI is InChI=1S/C11H16ClNO2S/c1-10(7-12)9-16(14,15)13-8-11-5-3-2-4-6-11/h2-6,10,13H,7-9H2,1H3. The number of hydrogen-bond acceptors (Lipinski definition) is 2. The van der Waals surface area contributed by atoms with Crippen molar-refractivity contribution in [1.29, 1.82) is 0 Å². The second kappa shape index (κ2) is 6.23. The molecule has 1 unspecified atom stereocenters. The second-order valence-electron chi connectivity index (χ2n) is 3.85. The first kappa shape index (κ1) is 13.5. The van der Waals surface area contributed by atoms with E-state index in [1.807, 2.05) is 37.3 Å². The predicted molar refractivity (Wildman–Crippen MR) is 67.0 cm³/mol. The summed E-state index contributed by atoms with van der Waals surface area (Å²) in [5, 5.41) is 0. The molecule has 5 heteroatoms. The summed E-state index contributed by atoms with van der Waals surface area (Å²) < 4.78 is 25.8. The number of benzene rings is 1. The fourth-order valence-electron chi connectivity index (χ4n) is 1.27. The minimum absolute atomic E-state index is 0.0325. The summed E-state index contributed by atoms with van der Waals surface area (Å²) in [6, 6.07) is 9.42. The molecule has 16 heavy (non-hydrogen) atoms. The number of hydrogen-bond donors (Lipinski definition) is 1. The molecule has 0 saturated heterocycles. The fraction of sp³-hybridized carbons (Fsp3) is 0.455. The Hall–Kier alpha value is -0.580. The molecule has 1 aromatic rings. The van der Waals surface area contributed by atoms with E-state index in [9.17, 15) is 8.42 Å². The van der Waals surface area contributed by atoms with E-state index in [2.05, 4.69) is 4.72 Å². The first-order valence-electron chi connectivity index (χ1n) is 5.11. The van der Waals surface area contributed by atoms with Gasteiger partial charge in [0.1, 0.15) is 0 Å². The molecule has 0 heterocycles. The zero-order chi connectivity index (χ0) is 12.0. The van der Waals surface area contributed by atoms with Crippen molar-refractivity contribution in [2.45, 2.75) is 13.5 Å². The Bertz CT molecular complexity index is 405. The highest BCUT2D eigenvalue weighted by atomic mass is 35.5. The van der Waals surface area contributed by atoms with E-state index in [0.717, 1.165) is 5.56 Å². The molecule has 0 aromatic heterocycles. The molecule has 0 fully saturated rings. The Morgan fingerprint density at radius 1 is 1.31 bits per heavy atom. The molecule has 1 atom stereocenters. The molecule has 1 N–H and O–H groups in total. The van der Waals surface area contributed by atoms with Crippen LogP contribution in [0.3, 0.4) is 0 Å². The fourth-order valence-corrected chi connectivity index (χ4v) is 2.88. The molecule has 0 aliphatic carbocycles. The monoisotopic (exact) mass is 261 g/mol. The highest BCUT2D eigenvalue weighted by molar-refractivity contribution is 7.89. The summed E-state index contributed by atoms with van der Waals surface area (Å²) in [4.78, 5) is 0. The van der Waals surface area contributed by atoms with Gasteiger partial charge in [0.2, 0.25) is 10.0 Å². The summed E-state index contributed by atoms with van der Waals surface area (Å²) in [6.07, 6.45) is 0. The van der Waals surface area contributed by atoms with Crippen LogP contribution in [0.1, 0.15) is 12.5 Å². The van der Waals surface area contributed by atoms with Gasteiger partial charge in [-0.15, -0.1) is 11.6 Å². The number of halogens is 1. The Morgan fingerprint density at radius 2 is 1.94 bits per heavy atom. The molecular weight excluding hydrogens is 246 g/mol. The zero-order valence-electron chi connectivity index (χ0n) is 9.19. The average molecular weight is 262 g/mol. The van der Waals surface area contributed by atoms with Crippen molar-refractivity contribution in [2.75, 3.05) is 11.6 Å². The highest BCUT2D eigenvalue weighted by Crippen LogP contribution is 2.04. The van der Waals surface area contributed by atoms with E-state index in [1.54, 1.807) is 0 Å². The van der Waals surface area contributed by atoms with Gasteiger partial charge in [-0.25, -0.2) is 13.1 Å². The maximum Gasteiger partial charge on any atom is 0.212 e. The molecule has 0 radical (unpaired) electrons. The van der Waals surface area contributed by atoms with Crippen LogP contribution in [0.2, 0.25) is 0 Å². The molecule has 0 amide bonds. The maximum absolute atomic E-state index is 11.6. The minimum Gasteiger partial charge on any atom is -0.212 e. The molecule has 1 rings (SSSR count). The van der Waals surface area contributed by atoms with Gasteiger partial charge in [-0.2, -0.15) is 0 Å². The summed E-state index contributed by atoms with van der Waals surface area (Å²) in [5.74, 6) is 0.394. The van der Waals surface area contributed by atoms with Crippen molar-refractivity contribution in [2.24, 2.45) is 5.92 Å². The van der Waals surface area contributed by atoms with Crippen molar-refractivity contribution >= 4 is 21.6 Å². The molecule has 0 aliphatic rings. The Balaban J connectivity index is 2.49. The van der Waals surface area contributed by atoms with Crippen LogP contribution in [0.4, 0.5) is 0 Å². The second-order valence-corrected chi connectivity index (χ2v) is 6.01. The van der Waals surface area contributed by atoms with Gasteiger partial charge >= 0.3 is 0 Å². The first-order valence-corrected chi connectivity index (χ1v) is 7.29. The van der Waals surface area contributed by atoms with Crippen LogP contribution in [0.5, 0.6) is 0 Å². The summed E-state index contributed by atoms with van der Waals surface area (Å²) in [5.41, 5.74) is 0.949. The van der Waals surface area contributed by atoms with Gasteiger partial charge in [0.15, 0.2) is 0 Å². The molecule has 0 saturated carbocycles. The Labute approximate surface area is 102 Å². The van der Waals surface area contributed by atoms with Crippen LogP contribution in [-0.4, -0.2) is 20.1 Å². The third-order valence-electron chi connectivity index (χ3n) is 2.11. The Morgan fingerprint density at radius 3 is 2.50 bits per heavy atom. The zero-order valence-corrected chi connectivity index (χ0v) is 10.8. The van der Waals surface area contributed by atoms with Gasteiger partial charge in [-0.05, 0) is 11.5 Å². The topological polar surface area (TPSA) is 46.2 Å². The number of nitrogens with one attached hydrogen (secondary N) is 1. The lowest BCUT2D eigenvalue weighted by Gasteiger charge is -2.09. The third-order valence-corrected chi connectivity index (χ3v) is 4.23. The van der Waals surface area contributed by atoms with Crippen LogP contribution < -0.4 is 4.72 Å². The molecule has 1 aromatic carbocycles. The number of rotatable bonds is 6. The third kappa shape index (κ3) is 4.96. The lowest BCUT2D eigenvalue weighted by atomic mass is 10.2. The van der Waals surface area contributed by atoms with Crippen LogP contribution >= 0.6 is 11.6 Å². The largest absolute Gasteiger partial charge is 0.212 e. The SMILES string of the molecule is CC(CCl)CS(=O)(=O)NCc1ccccc1. The van der Waals surface area contributed by atoms with Crippen molar-refractivity contribution in [1.82, 2.24) is 4.72 Å². The smallest absolute Gasteiger partial charge is 0.212 e. The van der Waals surface area contributed by atoms with Crippen molar-refractivity contribution in [3.63, 3.8) is 0 Å². The van der Waals surface area contributed by atoms with Gasteiger partial charge < -0.3 is 0 Å². The summed E-state index contributed by atoms with van der Waals surface area (Å²) in [6.45, 7) is 2.15. The molecule has 0 spiro atoms. The van der Waals surface area contributed by atoms with Crippen LogP contribution in [0.15, 0.2) is 30.3 Å². The molecule has 0 bridgehead atoms. The van der Waals surface area contributed by atoms with E-state index < -0.39 is 10.0 Å². The maximum atomic E-state index is 11.6. The molecular formula is C11H16ClNO2S. The van der Waals surface area contributed by atoms with Crippen molar-refractivity contribution in [3.05, 3.63) is 35.9 Å². The van der Waals surface area contributed by atoms with Gasteiger partial charge in [0.05, 0.1) is 5.75 Å². The lowest BCUT2D eigenvalue weighted by molar-refractivity contribution is 0.568. The van der Waals surface area contributed by atoms with E-state index in [-0.39, 0.29) is 11.7 Å². The van der Waals surface area contributed by atoms with Gasteiger partial charge in [-0.1, -0.05) is 37.3 Å². The van der Waals surface area contributed by atoms with E-state index in [1.165, 1.54) is 0 Å². The van der Waals surface area contributed by atoms with Gasteiger partial charge in [0.25, 0.3) is 0 Å². The predicted octanol–water partition coefficient (Wildman–Crippen LogP) is 1.98. The first-order chi connectivity index (χ1) is 7.53. The van der Waals surface area contributed by atoms with Crippen LogP contribution in [0.25, 0.3) is 0 Å². The van der Waals surface area contributed by atoms with Gasteiger partial charge in [0, 0.05) is 12.4 Å². The van der Waals surface area contributed by atoms with Crippen LogP contribution in [-0.2, 0) is 16.6 Å². The lowest BCUT2D eigenvalue weighted by Crippen LogP contribution is -2.29. The van der Waals surface area contributed by atoms with Crippen LogP contribution in [0, 0.1) is 5.92 Å². The molecule has 3 nitrogen and oxygen atoms in total. The van der Waals surface area contributed by atoms with E-state index >= 15 is 0 Å². The van der Waals surface area contributed by atoms with Gasteiger partial charge in [-0.3, -0.25) is 0 Å². The number of alkyl halides is 1. The number of sulfonamides is 1.